The molecular formula is C18H17Br2N3O2. The number of hydrogen-bond donors (Lipinski definition) is 1. The van der Waals surface area contributed by atoms with E-state index in [1.54, 1.807) is 12.3 Å². The third-order valence-corrected chi connectivity index (χ3v) is 4.81. The number of furan rings is 1. The average molecular weight is 467 g/mol. The largest absolute Gasteiger partial charge is 0.450 e. The van der Waals surface area contributed by atoms with Crippen LogP contribution in [-0.4, -0.2) is 16.7 Å². The van der Waals surface area contributed by atoms with Gasteiger partial charge in [0.05, 0.1) is 10.7 Å². The van der Waals surface area contributed by atoms with Crippen LogP contribution in [0.15, 0.2) is 48.9 Å². The number of nitrogens with one attached hydrogen (secondary N) is 1. The normalized spacial score (nSPS) is 11.8. The fraction of sp³-hybridized carbons (Fsp3) is 0.222. The van der Waals surface area contributed by atoms with Gasteiger partial charge in [-0.1, -0.05) is 15.9 Å². The number of carbonyl (C=O) groups excluding carboxylic acids is 1. The van der Waals surface area contributed by atoms with Crippen molar-refractivity contribution in [1.29, 1.82) is 0 Å². The van der Waals surface area contributed by atoms with Gasteiger partial charge in [-0.25, -0.2) is 5.43 Å². The highest BCUT2D eigenvalue weighted by molar-refractivity contribution is 9.11. The zero-order valence-electron chi connectivity index (χ0n) is 14.0. The second-order valence-electron chi connectivity index (χ2n) is 6.03. The molecule has 0 radical (unpaired) electrons. The SMILES string of the molecule is Cc1cc(/C=N\NC(=O)c2cc3cc(Br)cc(Br)c3o2)cn1C(C)C. The lowest BCUT2D eigenvalue weighted by Gasteiger charge is -2.08. The number of benzene rings is 1. The Morgan fingerprint density at radius 3 is 2.72 bits per heavy atom. The van der Waals surface area contributed by atoms with E-state index in [0.29, 0.717) is 11.6 Å². The van der Waals surface area contributed by atoms with Crippen LogP contribution in [0.2, 0.25) is 0 Å². The van der Waals surface area contributed by atoms with Crippen molar-refractivity contribution >= 4 is 55.0 Å². The van der Waals surface area contributed by atoms with E-state index >= 15 is 0 Å². The molecule has 0 bridgehead atoms. The van der Waals surface area contributed by atoms with Crippen molar-refractivity contribution in [1.82, 2.24) is 9.99 Å². The molecule has 0 unspecified atom stereocenters. The van der Waals surface area contributed by atoms with E-state index in [-0.39, 0.29) is 5.76 Å². The lowest BCUT2D eigenvalue weighted by atomic mass is 10.2. The van der Waals surface area contributed by atoms with Gasteiger partial charge in [0.25, 0.3) is 0 Å². The molecule has 0 atom stereocenters. The molecular weight excluding hydrogens is 450 g/mol. The Kier molecular flexibility index (Phi) is 5.15. The summed E-state index contributed by atoms with van der Waals surface area (Å²) in [6.45, 7) is 6.28. The molecule has 0 aliphatic rings. The molecule has 25 heavy (non-hydrogen) atoms. The zero-order chi connectivity index (χ0) is 18.1. The first-order valence-electron chi connectivity index (χ1n) is 7.75. The van der Waals surface area contributed by atoms with Crippen molar-refractivity contribution in [2.24, 2.45) is 5.10 Å². The molecule has 2 heterocycles. The van der Waals surface area contributed by atoms with Crippen molar-refractivity contribution in [3.63, 3.8) is 0 Å². The molecule has 2 aromatic heterocycles. The average Bonchev–Trinajstić information content (AvgIpc) is 3.11. The van der Waals surface area contributed by atoms with E-state index in [0.717, 1.165) is 25.6 Å². The summed E-state index contributed by atoms with van der Waals surface area (Å²) in [6.07, 6.45) is 3.63. The van der Waals surface area contributed by atoms with Crippen LogP contribution < -0.4 is 5.43 Å². The standard InChI is InChI=1S/C18H17Br2N3O2/c1-10(2)23-9-12(4-11(23)3)8-21-22-18(24)16-6-13-5-14(19)7-15(20)17(13)25-16/h4-10H,1-3H3,(H,22,24)/b21-8-. The van der Waals surface area contributed by atoms with Crippen molar-refractivity contribution in [3.05, 3.63) is 56.4 Å². The highest BCUT2D eigenvalue weighted by atomic mass is 79.9. The zero-order valence-corrected chi connectivity index (χ0v) is 17.2. The van der Waals surface area contributed by atoms with Gasteiger partial charge in [0, 0.05) is 33.4 Å². The molecule has 3 rings (SSSR count). The third kappa shape index (κ3) is 3.88. The van der Waals surface area contributed by atoms with Gasteiger partial charge in [-0.05, 0) is 61.0 Å². The number of fused-ring (bicyclic) bond motifs is 1. The van der Waals surface area contributed by atoms with Crippen LogP contribution in [0.1, 0.15) is 41.7 Å². The molecule has 1 aromatic carbocycles. The molecule has 0 saturated heterocycles. The number of aromatic nitrogens is 1. The summed E-state index contributed by atoms with van der Waals surface area (Å²) in [4.78, 5) is 12.2. The smallest absolute Gasteiger partial charge is 0.307 e. The number of hydrogen-bond acceptors (Lipinski definition) is 3. The first kappa shape index (κ1) is 17.9. The Bertz CT molecular complexity index is 970. The molecule has 130 valence electrons. The van der Waals surface area contributed by atoms with Crippen LogP contribution in [0.25, 0.3) is 11.0 Å². The van der Waals surface area contributed by atoms with E-state index < -0.39 is 5.91 Å². The molecule has 0 aliphatic carbocycles. The molecule has 0 spiro atoms. The Morgan fingerprint density at radius 1 is 1.28 bits per heavy atom. The first-order chi connectivity index (χ1) is 11.8. The Labute approximate surface area is 162 Å². The maximum absolute atomic E-state index is 12.2. The van der Waals surface area contributed by atoms with Crippen LogP contribution in [-0.2, 0) is 0 Å². The number of hydrazone groups is 1. The van der Waals surface area contributed by atoms with E-state index in [2.05, 4.69) is 60.8 Å². The van der Waals surface area contributed by atoms with Gasteiger partial charge >= 0.3 is 5.91 Å². The second kappa shape index (κ2) is 7.17. The van der Waals surface area contributed by atoms with E-state index in [9.17, 15) is 4.79 Å². The minimum Gasteiger partial charge on any atom is -0.450 e. The predicted octanol–water partition coefficient (Wildman–Crippen LogP) is 5.41. The Balaban J connectivity index is 1.74. The molecule has 1 amide bonds. The van der Waals surface area contributed by atoms with Gasteiger partial charge in [-0.3, -0.25) is 4.79 Å². The Hall–Kier alpha value is -1.86. The second-order valence-corrected chi connectivity index (χ2v) is 7.80. The van der Waals surface area contributed by atoms with Crippen LogP contribution in [0.5, 0.6) is 0 Å². The highest BCUT2D eigenvalue weighted by Gasteiger charge is 2.14. The minimum atomic E-state index is -0.393. The summed E-state index contributed by atoms with van der Waals surface area (Å²) < 4.78 is 9.45. The predicted molar refractivity (Wildman–Crippen MR) is 106 cm³/mol. The first-order valence-corrected chi connectivity index (χ1v) is 9.34. The van der Waals surface area contributed by atoms with E-state index in [1.807, 2.05) is 31.3 Å². The molecule has 0 aliphatic heterocycles. The Morgan fingerprint density at radius 2 is 2.04 bits per heavy atom. The monoisotopic (exact) mass is 465 g/mol. The van der Waals surface area contributed by atoms with Gasteiger partial charge in [0.2, 0.25) is 0 Å². The summed E-state index contributed by atoms with van der Waals surface area (Å²) in [5, 5.41) is 4.86. The lowest BCUT2D eigenvalue weighted by Crippen LogP contribution is -2.16. The van der Waals surface area contributed by atoms with Crippen molar-refractivity contribution < 1.29 is 9.21 Å². The van der Waals surface area contributed by atoms with E-state index in [1.165, 1.54) is 0 Å². The minimum absolute atomic E-state index is 0.210. The maximum atomic E-state index is 12.2. The number of nitrogens with zero attached hydrogens (tertiary/aromatic N) is 2. The molecule has 5 nitrogen and oxygen atoms in total. The van der Waals surface area contributed by atoms with Gasteiger partial charge < -0.3 is 8.98 Å². The maximum Gasteiger partial charge on any atom is 0.307 e. The number of carbonyl (C=O) groups is 1. The van der Waals surface area contributed by atoms with Crippen LogP contribution in [0.3, 0.4) is 0 Å². The summed E-state index contributed by atoms with van der Waals surface area (Å²) in [7, 11) is 0. The molecule has 0 saturated carbocycles. The molecule has 0 fully saturated rings. The molecule has 7 heteroatoms. The van der Waals surface area contributed by atoms with Gasteiger partial charge in [0.15, 0.2) is 5.76 Å². The van der Waals surface area contributed by atoms with Crippen molar-refractivity contribution in [2.75, 3.05) is 0 Å². The fourth-order valence-corrected chi connectivity index (χ4v) is 3.99. The van der Waals surface area contributed by atoms with Crippen molar-refractivity contribution in [3.8, 4) is 0 Å². The molecule has 1 N–H and O–H groups in total. The third-order valence-electron chi connectivity index (χ3n) is 3.77. The van der Waals surface area contributed by atoms with Crippen LogP contribution >= 0.6 is 31.9 Å². The quantitative estimate of drug-likeness (QED) is 0.412. The number of amides is 1. The van der Waals surface area contributed by atoms with Crippen LogP contribution in [0, 0.1) is 6.92 Å². The van der Waals surface area contributed by atoms with Crippen molar-refractivity contribution in [2.45, 2.75) is 26.8 Å². The highest BCUT2D eigenvalue weighted by Crippen LogP contribution is 2.30. The summed E-state index contributed by atoms with van der Waals surface area (Å²) in [6, 6.07) is 7.85. The molecule has 3 aromatic rings. The van der Waals surface area contributed by atoms with Gasteiger partial charge in [-0.2, -0.15) is 5.10 Å². The number of rotatable bonds is 4. The number of aryl methyl sites for hydroxylation is 1. The number of halogens is 2. The fourth-order valence-electron chi connectivity index (χ4n) is 2.65. The topological polar surface area (TPSA) is 59.5 Å². The van der Waals surface area contributed by atoms with E-state index in [4.69, 9.17) is 4.42 Å². The summed E-state index contributed by atoms with van der Waals surface area (Å²) in [5.41, 5.74) is 5.21. The summed E-state index contributed by atoms with van der Waals surface area (Å²) in [5.74, 6) is -0.183. The van der Waals surface area contributed by atoms with Gasteiger partial charge in [-0.15, -0.1) is 0 Å². The van der Waals surface area contributed by atoms with Gasteiger partial charge in [0.1, 0.15) is 5.58 Å². The summed E-state index contributed by atoms with van der Waals surface area (Å²) >= 11 is 6.84. The van der Waals surface area contributed by atoms with Crippen LogP contribution in [0.4, 0.5) is 0 Å². The lowest BCUT2D eigenvalue weighted by molar-refractivity contribution is 0.0929.